The molecule has 0 spiro atoms. The molecule has 0 radical (unpaired) electrons. The zero-order valence-corrected chi connectivity index (χ0v) is 19.9. The van der Waals surface area contributed by atoms with Crippen molar-refractivity contribution in [1.82, 2.24) is 5.32 Å². The molecule has 1 amide bonds. The summed E-state index contributed by atoms with van der Waals surface area (Å²) in [5.74, 6) is -1.43. The Labute approximate surface area is 193 Å². The summed E-state index contributed by atoms with van der Waals surface area (Å²) in [6.45, 7) is 2.24. The molecule has 0 fully saturated rings. The van der Waals surface area contributed by atoms with Crippen LogP contribution in [0.1, 0.15) is 89.5 Å². The average molecular weight is 398 g/mol. The fraction of sp³-hybridized carbons (Fsp3) is 0.652. The second-order valence-corrected chi connectivity index (χ2v) is 7.41. The molecule has 0 heterocycles. The molecule has 0 saturated heterocycles. The molecule has 152 valence electrons. The number of carboxylic acids is 1. The Hall–Kier alpha value is -0.840. The van der Waals surface area contributed by atoms with Crippen LogP contribution in [0.2, 0.25) is 0 Å². The zero-order valence-electron chi connectivity index (χ0n) is 17.9. The van der Waals surface area contributed by atoms with Gasteiger partial charge in [-0.25, -0.2) is 0 Å². The molecule has 1 N–H and O–H groups in total. The van der Waals surface area contributed by atoms with Crippen LogP contribution in [-0.2, 0) is 16.0 Å². The van der Waals surface area contributed by atoms with Gasteiger partial charge in [-0.3, -0.25) is 4.79 Å². The third-order valence-corrected chi connectivity index (χ3v) is 4.91. The summed E-state index contributed by atoms with van der Waals surface area (Å²) in [5, 5.41) is 13.9. The number of amides is 1. The topological polar surface area (TPSA) is 69.2 Å². The van der Waals surface area contributed by atoms with Crippen LogP contribution >= 0.6 is 0 Å². The second-order valence-electron chi connectivity index (χ2n) is 7.41. The van der Waals surface area contributed by atoms with E-state index >= 15 is 0 Å². The summed E-state index contributed by atoms with van der Waals surface area (Å²) in [5.41, 5.74) is 0.877. The minimum atomic E-state index is -1.23. The van der Waals surface area contributed by atoms with E-state index in [2.05, 4.69) is 12.2 Å². The number of hydrogen-bond acceptors (Lipinski definition) is 3. The van der Waals surface area contributed by atoms with E-state index in [1.54, 1.807) is 0 Å². The normalized spacial score (nSPS) is 11.5. The number of carbonyl (C=O) groups is 2. The Morgan fingerprint density at radius 1 is 0.857 bits per heavy atom. The summed E-state index contributed by atoms with van der Waals surface area (Å²) >= 11 is 0. The zero-order chi connectivity index (χ0) is 19.7. The summed E-state index contributed by atoms with van der Waals surface area (Å²) in [4.78, 5) is 23.3. The van der Waals surface area contributed by atoms with Crippen LogP contribution in [0.15, 0.2) is 30.3 Å². The van der Waals surface area contributed by atoms with Crippen LogP contribution < -0.4 is 40.0 Å². The van der Waals surface area contributed by atoms with Gasteiger partial charge in [0.2, 0.25) is 5.91 Å². The van der Waals surface area contributed by atoms with E-state index in [0.29, 0.717) is 6.42 Å². The first-order valence-corrected chi connectivity index (χ1v) is 10.7. The molecular formula is C23H36NNaO3. The number of unbranched alkanes of at least 4 members (excludes halogenated alkanes) is 10. The number of carboxylic acid groups (broad SMARTS) is 1. The number of hydrogen-bond donors (Lipinski definition) is 1. The van der Waals surface area contributed by atoms with Crippen molar-refractivity contribution in [3.05, 3.63) is 35.9 Å². The maximum atomic E-state index is 12.0. The fourth-order valence-corrected chi connectivity index (χ4v) is 3.26. The molecule has 1 aromatic carbocycles. The van der Waals surface area contributed by atoms with E-state index in [1.165, 1.54) is 51.4 Å². The Kier molecular flexibility index (Phi) is 17.7. The molecule has 1 unspecified atom stereocenters. The third-order valence-electron chi connectivity index (χ3n) is 4.91. The number of rotatable bonds is 16. The van der Waals surface area contributed by atoms with Crippen molar-refractivity contribution in [1.29, 1.82) is 0 Å². The molecule has 1 atom stereocenters. The van der Waals surface area contributed by atoms with Gasteiger partial charge in [0, 0.05) is 6.42 Å². The largest absolute Gasteiger partial charge is 1.00 e. The van der Waals surface area contributed by atoms with E-state index < -0.39 is 12.0 Å². The van der Waals surface area contributed by atoms with E-state index in [1.807, 2.05) is 30.3 Å². The summed E-state index contributed by atoms with van der Waals surface area (Å²) in [6, 6.07) is 8.33. The van der Waals surface area contributed by atoms with Crippen LogP contribution in [0.25, 0.3) is 0 Å². The Balaban J connectivity index is 0.00000729. The van der Waals surface area contributed by atoms with Crippen molar-refractivity contribution in [3.8, 4) is 0 Å². The number of carbonyl (C=O) groups excluding carboxylic acids is 2. The molecule has 0 aromatic heterocycles. The minimum absolute atomic E-state index is 0. The van der Waals surface area contributed by atoms with Crippen LogP contribution in [-0.4, -0.2) is 17.9 Å². The number of benzene rings is 1. The van der Waals surface area contributed by atoms with Crippen molar-refractivity contribution < 1.29 is 44.3 Å². The van der Waals surface area contributed by atoms with Gasteiger partial charge in [0.1, 0.15) is 0 Å². The van der Waals surface area contributed by atoms with Crippen molar-refractivity contribution >= 4 is 11.9 Å². The predicted octanol–water partition coefficient (Wildman–Crippen LogP) is 1.17. The van der Waals surface area contributed by atoms with Gasteiger partial charge in [-0.2, -0.15) is 0 Å². The second kappa shape index (κ2) is 18.2. The predicted molar refractivity (Wildman–Crippen MR) is 108 cm³/mol. The molecule has 1 aromatic rings. The third kappa shape index (κ3) is 14.2. The van der Waals surface area contributed by atoms with Gasteiger partial charge in [-0.05, 0) is 18.4 Å². The number of nitrogens with one attached hydrogen (secondary N) is 1. The molecule has 28 heavy (non-hydrogen) atoms. The summed E-state index contributed by atoms with van der Waals surface area (Å²) in [7, 11) is 0. The summed E-state index contributed by atoms with van der Waals surface area (Å²) < 4.78 is 0. The standard InChI is InChI=1S/C23H37NO3.Na/c1-2-3-4-5-6-7-8-9-10-11-15-18-22(25)24-21(23(26)27)19-20-16-13-12-14-17-20;/h12-14,16-17,21H,2-11,15,18-19H2,1H3,(H,24,25)(H,26,27);/q;+1/p-1. The first kappa shape index (κ1) is 27.2. The first-order valence-electron chi connectivity index (χ1n) is 10.7. The molecule has 0 aliphatic rings. The maximum Gasteiger partial charge on any atom is 1.00 e. The van der Waals surface area contributed by atoms with Gasteiger partial charge in [0.15, 0.2) is 0 Å². The SMILES string of the molecule is CCCCCCCCCCCCCC(=O)NC(Cc1ccccc1)C(=O)[O-].[Na+]. The quantitative estimate of drug-likeness (QED) is 0.336. The molecule has 0 bridgehead atoms. The molecule has 1 rings (SSSR count). The van der Waals surface area contributed by atoms with Gasteiger partial charge in [0.05, 0.1) is 12.0 Å². The van der Waals surface area contributed by atoms with Gasteiger partial charge in [-0.1, -0.05) is 101 Å². The van der Waals surface area contributed by atoms with Crippen LogP contribution in [0.5, 0.6) is 0 Å². The van der Waals surface area contributed by atoms with E-state index in [0.717, 1.165) is 24.8 Å². The Bertz CT molecular complexity index is 522. The van der Waals surface area contributed by atoms with Gasteiger partial charge < -0.3 is 15.2 Å². The van der Waals surface area contributed by atoms with E-state index in [9.17, 15) is 14.7 Å². The minimum Gasteiger partial charge on any atom is -0.548 e. The Morgan fingerprint density at radius 3 is 1.86 bits per heavy atom. The Morgan fingerprint density at radius 2 is 1.36 bits per heavy atom. The maximum absolute atomic E-state index is 12.0. The number of aliphatic carboxylic acids is 1. The summed E-state index contributed by atoms with van der Waals surface area (Å²) in [6.07, 6.45) is 14.2. The molecular weight excluding hydrogens is 361 g/mol. The van der Waals surface area contributed by atoms with Crippen molar-refractivity contribution in [2.24, 2.45) is 0 Å². The van der Waals surface area contributed by atoms with Gasteiger partial charge in [0.25, 0.3) is 0 Å². The molecule has 5 heteroatoms. The monoisotopic (exact) mass is 397 g/mol. The fourth-order valence-electron chi connectivity index (χ4n) is 3.26. The van der Waals surface area contributed by atoms with Gasteiger partial charge in [-0.15, -0.1) is 0 Å². The smallest absolute Gasteiger partial charge is 0.548 e. The molecule has 0 aliphatic carbocycles. The van der Waals surface area contributed by atoms with Crippen LogP contribution in [0.4, 0.5) is 0 Å². The van der Waals surface area contributed by atoms with Crippen molar-refractivity contribution in [2.75, 3.05) is 0 Å². The average Bonchev–Trinajstić information content (AvgIpc) is 2.66. The van der Waals surface area contributed by atoms with Crippen LogP contribution in [0, 0.1) is 0 Å². The van der Waals surface area contributed by atoms with Gasteiger partial charge >= 0.3 is 29.6 Å². The molecule has 0 aliphatic heterocycles. The van der Waals surface area contributed by atoms with Crippen molar-refractivity contribution in [2.45, 2.75) is 96.4 Å². The molecule has 4 nitrogen and oxygen atoms in total. The van der Waals surface area contributed by atoms with Crippen molar-refractivity contribution in [3.63, 3.8) is 0 Å². The van der Waals surface area contributed by atoms with Crippen LogP contribution in [0.3, 0.4) is 0 Å². The first-order chi connectivity index (χ1) is 13.1. The van der Waals surface area contributed by atoms with E-state index in [-0.39, 0.29) is 41.9 Å². The van der Waals surface area contributed by atoms with E-state index in [4.69, 9.17) is 0 Å². The molecule has 0 saturated carbocycles.